The molecule has 3 aliphatic rings. The number of nitrogens with one attached hydrogen (secondary N) is 2. The molecule has 2 N–H and O–H groups in total. The fraction of sp³-hybridized carbons (Fsp3) is 0.786. The smallest absolute Gasteiger partial charge is 0.244 e. The van der Waals surface area contributed by atoms with Crippen LogP contribution in [0, 0.1) is 30.6 Å². The molecule has 6 heteroatoms. The van der Waals surface area contributed by atoms with Crippen molar-refractivity contribution >= 4 is 10.0 Å². The molecule has 3 fully saturated rings. The van der Waals surface area contributed by atoms with E-state index in [9.17, 15) is 8.42 Å². The molecule has 2 bridgehead atoms. The highest BCUT2D eigenvalue weighted by atomic mass is 32.2. The molecule has 0 aromatic carbocycles. The first kappa shape index (κ1) is 12.8. The zero-order valence-corrected chi connectivity index (χ0v) is 12.5. The molecule has 0 amide bonds. The Bertz CT molecular complexity index is 624. The summed E-state index contributed by atoms with van der Waals surface area (Å²) in [6, 6.07) is 0.138. The molecule has 4 rings (SSSR count). The molecule has 1 aromatic heterocycles. The fourth-order valence-electron chi connectivity index (χ4n) is 5.08. The van der Waals surface area contributed by atoms with Crippen molar-refractivity contribution in [1.82, 2.24) is 14.9 Å². The van der Waals surface area contributed by atoms with Crippen molar-refractivity contribution in [1.29, 1.82) is 0 Å². The molecule has 5 atom stereocenters. The molecule has 5 unspecified atom stereocenters. The van der Waals surface area contributed by atoms with Gasteiger partial charge in [0, 0.05) is 6.04 Å². The van der Waals surface area contributed by atoms with Crippen LogP contribution in [-0.4, -0.2) is 24.7 Å². The Morgan fingerprint density at radius 1 is 1.25 bits per heavy atom. The number of H-pyrrole nitrogens is 1. The number of rotatable bonds is 3. The van der Waals surface area contributed by atoms with Crippen molar-refractivity contribution in [2.45, 2.75) is 50.0 Å². The lowest BCUT2D eigenvalue weighted by molar-refractivity contribution is 0.224. The van der Waals surface area contributed by atoms with E-state index in [4.69, 9.17) is 0 Å². The van der Waals surface area contributed by atoms with Crippen molar-refractivity contribution in [3.63, 3.8) is 0 Å². The van der Waals surface area contributed by atoms with Gasteiger partial charge in [0.1, 0.15) is 4.90 Å². The van der Waals surface area contributed by atoms with Gasteiger partial charge in [-0.15, -0.1) is 0 Å². The summed E-state index contributed by atoms with van der Waals surface area (Å²) >= 11 is 0. The first-order valence-corrected chi connectivity index (χ1v) is 9.07. The minimum absolute atomic E-state index is 0.138. The second-order valence-corrected chi connectivity index (χ2v) is 8.42. The van der Waals surface area contributed by atoms with E-state index < -0.39 is 10.0 Å². The zero-order valence-electron chi connectivity index (χ0n) is 11.7. The Balaban J connectivity index is 1.55. The first-order valence-electron chi connectivity index (χ1n) is 7.58. The second kappa shape index (κ2) is 4.31. The van der Waals surface area contributed by atoms with Gasteiger partial charge in [-0.2, -0.15) is 5.10 Å². The summed E-state index contributed by atoms with van der Waals surface area (Å²) < 4.78 is 27.9. The highest BCUT2D eigenvalue weighted by Gasteiger charge is 2.54. The van der Waals surface area contributed by atoms with Crippen LogP contribution < -0.4 is 4.72 Å². The normalized spacial score (nSPS) is 39.4. The third-order valence-electron chi connectivity index (χ3n) is 5.81. The Morgan fingerprint density at radius 3 is 2.80 bits per heavy atom. The molecule has 3 aliphatic carbocycles. The number of hydrogen-bond acceptors (Lipinski definition) is 3. The third kappa shape index (κ3) is 1.77. The van der Waals surface area contributed by atoms with Gasteiger partial charge in [-0.25, -0.2) is 13.1 Å². The number of aromatic nitrogens is 2. The molecule has 1 heterocycles. The van der Waals surface area contributed by atoms with Crippen LogP contribution in [0.2, 0.25) is 0 Å². The molecule has 1 aromatic rings. The molecule has 20 heavy (non-hydrogen) atoms. The standard InChI is InChI=1S/C14H21N3O2S/c1-8-14(7-15-16-8)20(18,19)17-13-6-9-5-12(13)11-4-2-3-10(9)11/h7,9-13,17H,2-6H2,1H3,(H,15,16). The predicted octanol–water partition coefficient (Wildman–Crippen LogP) is 1.82. The molecule has 0 saturated heterocycles. The highest BCUT2D eigenvalue weighted by molar-refractivity contribution is 7.89. The number of aryl methyl sites for hydroxylation is 1. The average molecular weight is 295 g/mol. The van der Waals surface area contributed by atoms with Crippen LogP contribution in [-0.2, 0) is 10.0 Å². The van der Waals surface area contributed by atoms with E-state index in [1.54, 1.807) is 6.92 Å². The van der Waals surface area contributed by atoms with Gasteiger partial charge in [-0.3, -0.25) is 5.10 Å². The maximum absolute atomic E-state index is 12.5. The van der Waals surface area contributed by atoms with Gasteiger partial charge in [0.15, 0.2) is 0 Å². The largest absolute Gasteiger partial charge is 0.281 e. The highest BCUT2D eigenvalue weighted by Crippen LogP contribution is 2.58. The maximum atomic E-state index is 12.5. The van der Waals surface area contributed by atoms with E-state index in [1.807, 2.05) is 0 Å². The zero-order chi connectivity index (χ0) is 13.9. The average Bonchev–Trinajstić information content (AvgIpc) is 3.05. The molecule has 0 aliphatic heterocycles. The van der Waals surface area contributed by atoms with Crippen molar-refractivity contribution in [2.24, 2.45) is 23.7 Å². The summed E-state index contributed by atoms with van der Waals surface area (Å²) in [7, 11) is -3.43. The van der Waals surface area contributed by atoms with Crippen LogP contribution in [0.4, 0.5) is 0 Å². The van der Waals surface area contributed by atoms with Crippen LogP contribution in [0.3, 0.4) is 0 Å². The lowest BCUT2D eigenvalue weighted by Crippen LogP contribution is -2.42. The Labute approximate surface area is 119 Å². The van der Waals surface area contributed by atoms with E-state index in [0.29, 0.717) is 16.5 Å². The van der Waals surface area contributed by atoms with Gasteiger partial charge in [-0.05, 0) is 56.3 Å². The van der Waals surface area contributed by atoms with Crippen molar-refractivity contribution in [3.8, 4) is 0 Å². The number of fused-ring (bicyclic) bond motifs is 5. The third-order valence-corrected chi connectivity index (χ3v) is 7.41. The molecule has 3 saturated carbocycles. The maximum Gasteiger partial charge on any atom is 0.244 e. The number of aromatic amines is 1. The van der Waals surface area contributed by atoms with Gasteiger partial charge < -0.3 is 0 Å². The van der Waals surface area contributed by atoms with Crippen molar-refractivity contribution in [3.05, 3.63) is 11.9 Å². The monoisotopic (exact) mass is 295 g/mol. The van der Waals surface area contributed by atoms with E-state index in [0.717, 1.165) is 24.2 Å². The Hall–Kier alpha value is -0.880. The Morgan fingerprint density at radius 2 is 2.05 bits per heavy atom. The summed E-state index contributed by atoms with van der Waals surface area (Å²) in [5.41, 5.74) is 0.611. The minimum atomic E-state index is -3.43. The summed E-state index contributed by atoms with van der Waals surface area (Å²) in [4.78, 5) is 0.295. The van der Waals surface area contributed by atoms with Gasteiger partial charge in [0.25, 0.3) is 0 Å². The van der Waals surface area contributed by atoms with E-state index >= 15 is 0 Å². The van der Waals surface area contributed by atoms with Gasteiger partial charge >= 0.3 is 0 Å². The molecule has 110 valence electrons. The van der Waals surface area contributed by atoms with Gasteiger partial charge in [-0.1, -0.05) is 6.42 Å². The Kier molecular flexibility index (Phi) is 2.76. The van der Waals surface area contributed by atoms with E-state index in [2.05, 4.69) is 14.9 Å². The fourth-order valence-corrected chi connectivity index (χ4v) is 6.51. The van der Waals surface area contributed by atoms with Crippen LogP contribution in [0.1, 0.15) is 37.8 Å². The van der Waals surface area contributed by atoms with Crippen molar-refractivity contribution in [2.75, 3.05) is 0 Å². The number of sulfonamides is 1. The topological polar surface area (TPSA) is 74.8 Å². The molecule has 5 nitrogen and oxygen atoms in total. The van der Waals surface area contributed by atoms with Crippen LogP contribution >= 0.6 is 0 Å². The molecular weight excluding hydrogens is 274 g/mol. The summed E-state index contributed by atoms with van der Waals surface area (Å²) in [5.74, 6) is 2.98. The van der Waals surface area contributed by atoms with E-state index in [1.165, 1.54) is 31.9 Å². The first-order chi connectivity index (χ1) is 9.56. The summed E-state index contributed by atoms with van der Waals surface area (Å²) in [6.45, 7) is 1.75. The summed E-state index contributed by atoms with van der Waals surface area (Å²) in [6.07, 6.45) is 7.67. The SMILES string of the molecule is Cc1[nH]ncc1S(=O)(=O)NC1CC2CC1C1CCCC21. The number of hydrogen-bond donors (Lipinski definition) is 2. The molecule has 0 spiro atoms. The van der Waals surface area contributed by atoms with Gasteiger partial charge in [0.2, 0.25) is 10.0 Å². The summed E-state index contributed by atoms with van der Waals surface area (Å²) in [5, 5.41) is 6.52. The quantitative estimate of drug-likeness (QED) is 0.893. The minimum Gasteiger partial charge on any atom is -0.281 e. The lowest BCUT2D eigenvalue weighted by atomic mass is 9.79. The van der Waals surface area contributed by atoms with E-state index in [-0.39, 0.29) is 6.04 Å². The lowest BCUT2D eigenvalue weighted by Gasteiger charge is -2.31. The second-order valence-electron chi connectivity index (χ2n) is 6.74. The molecule has 0 radical (unpaired) electrons. The molecular formula is C14H21N3O2S. The predicted molar refractivity (Wildman–Crippen MR) is 74.5 cm³/mol. The van der Waals surface area contributed by atoms with Crippen molar-refractivity contribution < 1.29 is 8.42 Å². The van der Waals surface area contributed by atoms with Crippen LogP contribution in [0.25, 0.3) is 0 Å². The van der Waals surface area contributed by atoms with Crippen LogP contribution in [0.5, 0.6) is 0 Å². The van der Waals surface area contributed by atoms with Gasteiger partial charge in [0.05, 0.1) is 11.9 Å². The number of nitrogens with zero attached hydrogens (tertiary/aromatic N) is 1. The van der Waals surface area contributed by atoms with Crippen LogP contribution in [0.15, 0.2) is 11.1 Å².